The molecule has 2 saturated heterocycles. The molecule has 0 aromatic carbocycles. The van der Waals surface area contributed by atoms with Crippen LogP contribution in [-0.2, 0) is 32.0 Å². The Morgan fingerprint density at radius 2 is 1.72 bits per heavy atom. The molecule has 0 bridgehead atoms. The van der Waals surface area contributed by atoms with Gasteiger partial charge in [0.05, 0.1) is 19.3 Å². The molecule has 20 heteroatoms. The van der Waals surface area contributed by atoms with Crippen molar-refractivity contribution in [1.29, 1.82) is 0 Å². The molecule has 0 spiro atoms. The summed E-state index contributed by atoms with van der Waals surface area (Å²) in [6.07, 6.45) is -12.2. The molecule has 3 heterocycles. The third-order valence-corrected chi connectivity index (χ3v) is 7.95. The van der Waals surface area contributed by atoms with Gasteiger partial charge in [-0.25, -0.2) is 13.9 Å². The molecule has 1 aromatic rings. The zero-order valence-electron chi connectivity index (χ0n) is 18.5. The molecule has 0 aliphatic carbocycles. The van der Waals surface area contributed by atoms with Gasteiger partial charge in [-0.1, -0.05) is 0 Å². The van der Waals surface area contributed by atoms with Crippen molar-refractivity contribution in [3.8, 4) is 0 Å². The molecule has 1 aromatic heterocycles. The number of aliphatic hydroxyl groups is 5. The largest absolute Gasteiger partial charge is 0.483 e. The fraction of sp³-hybridized carbons (Fsp3) is 0.750. The van der Waals surface area contributed by atoms with E-state index in [4.69, 9.17) is 14.6 Å². The fourth-order valence-corrected chi connectivity index (χ4v) is 5.62. The normalized spacial score (nSPS) is 36.3. The maximum absolute atomic E-state index is 12.2. The van der Waals surface area contributed by atoms with Gasteiger partial charge in [0.1, 0.15) is 36.7 Å². The Morgan fingerprint density at radius 3 is 2.36 bits per heavy atom. The lowest BCUT2D eigenvalue weighted by Crippen LogP contribution is -2.58. The van der Waals surface area contributed by atoms with Crippen LogP contribution in [0, 0.1) is 6.92 Å². The van der Waals surface area contributed by atoms with Gasteiger partial charge < -0.3 is 44.8 Å². The van der Waals surface area contributed by atoms with Crippen molar-refractivity contribution >= 4 is 15.6 Å². The molecule has 0 radical (unpaired) electrons. The fourth-order valence-electron chi connectivity index (χ4n) is 3.46. The highest BCUT2D eigenvalue weighted by molar-refractivity contribution is 7.61. The summed E-state index contributed by atoms with van der Waals surface area (Å²) in [5.41, 5.74) is -1.27. The molecule has 3 unspecified atom stereocenters. The maximum atomic E-state index is 12.2. The molecular formula is C16H26N2O16P2. The van der Waals surface area contributed by atoms with Crippen LogP contribution in [0.25, 0.3) is 0 Å². The second-order valence-electron chi connectivity index (χ2n) is 8.03. The number of phosphoric ester groups is 2. The third kappa shape index (κ3) is 6.75. The maximum Gasteiger partial charge on any atom is 0.483 e. The average Bonchev–Trinajstić information content (AvgIpc) is 3.14. The van der Waals surface area contributed by atoms with Crippen LogP contribution in [-0.4, -0.2) is 101 Å². The van der Waals surface area contributed by atoms with E-state index in [2.05, 4.69) is 18.3 Å². The molecule has 0 amide bonds. The summed E-state index contributed by atoms with van der Waals surface area (Å²) in [7, 11) is -10.9. The Morgan fingerprint density at radius 1 is 1.06 bits per heavy atom. The van der Waals surface area contributed by atoms with Crippen molar-refractivity contribution in [2.24, 2.45) is 0 Å². The Bertz CT molecular complexity index is 1140. The van der Waals surface area contributed by atoms with E-state index in [1.165, 1.54) is 13.1 Å². The Labute approximate surface area is 201 Å². The van der Waals surface area contributed by atoms with E-state index < -0.39 is 89.2 Å². The van der Waals surface area contributed by atoms with E-state index in [9.17, 15) is 48.9 Å². The number of hydrogen-bond donors (Lipinski definition) is 8. The molecule has 10 atom stereocenters. The highest BCUT2D eigenvalue weighted by Crippen LogP contribution is 2.61. The molecule has 8 N–H and O–H groups in total. The van der Waals surface area contributed by atoms with E-state index in [-0.39, 0.29) is 12.0 Å². The van der Waals surface area contributed by atoms with Gasteiger partial charge in [-0.05, 0) is 6.92 Å². The average molecular weight is 564 g/mol. The number of nitrogens with zero attached hydrogens (tertiary/aromatic N) is 1. The predicted octanol–water partition coefficient (Wildman–Crippen LogP) is -3.46. The van der Waals surface area contributed by atoms with Gasteiger partial charge in [0, 0.05) is 18.2 Å². The van der Waals surface area contributed by atoms with Crippen molar-refractivity contribution in [1.82, 2.24) is 9.55 Å². The number of aromatic nitrogens is 2. The van der Waals surface area contributed by atoms with Crippen LogP contribution in [0.5, 0.6) is 0 Å². The van der Waals surface area contributed by atoms with Crippen LogP contribution in [0.3, 0.4) is 0 Å². The first-order valence-electron chi connectivity index (χ1n) is 10.3. The van der Waals surface area contributed by atoms with Gasteiger partial charge in [0.25, 0.3) is 5.56 Å². The van der Waals surface area contributed by atoms with Gasteiger partial charge in [0.2, 0.25) is 0 Å². The smallest absolute Gasteiger partial charge is 0.394 e. The lowest BCUT2D eigenvalue weighted by atomic mass is 10.00. The zero-order chi connectivity index (χ0) is 27.0. The molecule has 206 valence electrons. The summed E-state index contributed by atoms with van der Waals surface area (Å²) in [4.78, 5) is 45.2. The summed E-state index contributed by atoms with van der Waals surface area (Å²) in [6, 6.07) is 0. The molecular weight excluding hydrogens is 538 g/mol. The SMILES string of the molecule is Cc1cn([C@H]2C[C@H](O)[C@@H](COP(=O)(O)OP(=O)(O)OC3O[C@H](CO)[C@H](O)[C@H](O)[C@H]3O)O2)c(=O)[nH]c1=O. The molecule has 0 saturated carbocycles. The van der Waals surface area contributed by atoms with Crippen LogP contribution in [0.2, 0.25) is 0 Å². The molecule has 36 heavy (non-hydrogen) atoms. The first-order chi connectivity index (χ1) is 16.6. The number of ether oxygens (including phenoxy) is 2. The number of rotatable bonds is 9. The number of aliphatic hydroxyl groups excluding tert-OH is 5. The molecule has 2 aliphatic heterocycles. The number of H-pyrrole nitrogens is 1. The lowest BCUT2D eigenvalue weighted by Gasteiger charge is -2.39. The van der Waals surface area contributed by atoms with E-state index >= 15 is 0 Å². The summed E-state index contributed by atoms with van der Waals surface area (Å²) >= 11 is 0. The second kappa shape index (κ2) is 11.2. The minimum Gasteiger partial charge on any atom is -0.394 e. The quantitative estimate of drug-likeness (QED) is 0.135. The first kappa shape index (κ1) is 29.2. The monoisotopic (exact) mass is 564 g/mol. The van der Waals surface area contributed by atoms with Crippen LogP contribution >= 0.6 is 15.6 Å². The summed E-state index contributed by atoms with van der Waals surface area (Å²) in [5.74, 6) is 0. The van der Waals surface area contributed by atoms with Crippen LogP contribution < -0.4 is 11.2 Å². The Hall–Kier alpha value is -1.34. The van der Waals surface area contributed by atoms with Crippen molar-refractivity contribution < 1.29 is 67.3 Å². The number of aryl methyl sites for hydroxylation is 1. The number of hydrogen-bond acceptors (Lipinski definition) is 14. The van der Waals surface area contributed by atoms with Crippen molar-refractivity contribution in [3.05, 3.63) is 32.6 Å². The van der Waals surface area contributed by atoms with E-state index in [0.717, 1.165) is 4.57 Å². The number of phosphoric acid groups is 2. The molecule has 2 aliphatic rings. The summed E-state index contributed by atoms with van der Waals surface area (Å²) < 4.78 is 48.8. The number of nitrogens with one attached hydrogen (secondary N) is 1. The third-order valence-electron chi connectivity index (χ3n) is 5.35. The highest BCUT2D eigenvalue weighted by Gasteiger charge is 2.48. The standard InChI is InChI=1S/C16H26N2O16P2/c1-6-3-18(16(25)17-14(6)24)10-2-7(20)9(31-10)5-30-35(26,27)34-36(28,29)33-15-13(23)12(22)11(21)8(4-19)32-15/h3,7-13,15,19-23H,2,4-5H2,1H3,(H,26,27)(H,28,29)(H,17,24,25)/t7-,8+,9+,10+,11-,12-,13+,15?/m0/s1. The van der Waals surface area contributed by atoms with Crippen LogP contribution in [0.4, 0.5) is 0 Å². The van der Waals surface area contributed by atoms with Crippen molar-refractivity contribution in [2.45, 2.75) is 62.5 Å². The summed E-state index contributed by atoms with van der Waals surface area (Å²) in [5, 5.41) is 48.5. The molecule has 2 fully saturated rings. The van der Waals surface area contributed by atoms with Gasteiger partial charge in [-0.2, -0.15) is 4.31 Å². The van der Waals surface area contributed by atoms with Crippen LogP contribution in [0.15, 0.2) is 15.8 Å². The number of aromatic amines is 1. The van der Waals surface area contributed by atoms with E-state index in [1.807, 2.05) is 0 Å². The van der Waals surface area contributed by atoms with E-state index in [1.54, 1.807) is 0 Å². The van der Waals surface area contributed by atoms with Crippen molar-refractivity contribution in [2.75, 3.05) is 13.2 Å². The van der Waals surface area contributed by atoms with Gasteiger partial charge in [-0.3, -0.25) is 23.4 Å². The van der Waals surface area contributed by atoms with E-state index in [0.29, 0.717) is 0 Å². The minimum absolute atomic E-state index is 0.172. The predicted molar refractivity (Wildman–Crippen MR) is 112 cm³/mol. The Balaban J connectivity index is 1.59. The molecule has 3 rings (SSSR count). The lowest BCUT2D eigenvalue weighted by molar-refractivity contribution is -0.280. The second-order valence-corrected chi connectivity index (χ2v) is 11.0. The summed E-state index contributed by atoms with van der Waals surface area (Å²) in [6.45, 7) is -0.305. The Kier molecular flexibility index (Phi) is 9.08. The minimum atomic E-state index is -5.54. The molecule has 18 nitrogen and oxygen atoms in total. The van der Waals surface area contributed by atoms with Gasteiger partial charge in [0.15, 0.2) is 6.29 Å². The van der Waals surface area contributed by atoms with Gasteiger partial charge >= 0.3 is 21.3 Å². The topological polar surface area (TPSA) is 277 Å². The van der Waals surface area contributed by atoms with Crippen molar-refractivity contribution in [3.63, 3.8) is 0 Å². The van der Waals surface area contributed by atoms with Crippen LogP contribution in [0.1, 0.15) is 18.2 Å². The van der Waals surface area contributed by atoms with Gasteiger partial charge in [-0.15, -0.1) is 0 Å². The highest BCUT2D eigenvalue weighted by atomic mass is 31.3. The first-order valence-corrected chi connectivity index (χ1v) is 13.3. The zero-order valence-corrected chi connectivity index (χ0v) is 20.3.